The summed E-state index contributed by atoms with van der Waals surface area (Å²) in [6.45, 7) is 1.00. The van der Waals surface area contributed by atoms with Crippen molar-refractivity contribution < 1.29 is 24.4 Å². The molecule has 0 atom stereocenters. The Kier molecular flexibility index (Phi) is 7.41. The van der Waals surface area contributed by atoms with Crippen LogP contribution in [0, 0.1) is 12.3 Å². The van der Waals surface area contributed by atoms with Crippen molar-refractivity contribution in [2.24, 2.45) is 0 Å². The van der Waals surface area contributed by atoms with Gasteiger partial charge in [-0.2, -0.15) is 4.57 Å². The second kappa shape index (κ2) is 10.4. The van der Waals surface area contributed by atoms with Crippen molar-refractivity contribution in [2.75, 3.05) is 18.0 Å². The van der Waals surface area contributed by atoms with Gasteiger partial charge in [0.05, 0.1) is 12.8 Å². The zero-order valence-corrected chi connectivity index (χ0v) is 17.7. The number of carboxylic acids is 2. The van der Waals surface area contributed by atoms with Crippen LogP contribution in [0.15, 0.2) is 48.5 Å². The van der Waals surface area contributed by atoms with Crippen LogP contribution < -0.4 is 9.47 Å². The summed E-state index contributed by atoms with van der Waals surface area (Å²) in [6.07, 6.45) is 9.48. The number of carbonyl (C=O) groups is 2. The van der Waals surface area contributed by atoms with E-state index in [1.165, 1.54) is 4.70 Å². The van der Waals surface area contributed by atoms with Crippen LogP contribution in [0.2, 0.25) is 0 Å². The Morgan fingerprint density at radius 2 is 1.65 bits per heavy atom. The summed E-state index contributed by atoms with van der Waals surface area (Å²) < 4.78 is 3.27. The fourth-order valence-electron chi connectivity index (χ4n) is 3.23. The molecular weight excluding hydrogens is 412 g/mol. The van der Waals surface area contributed by atoms with E-state index in [9.17, 15) is 9.59 Å². The molecule has 3 rings (SSSR count). The SMILES string of the molecule is C#CC[n+]1c(C=Cc2ccc(N(CCC(=O)O)CCC(=O)O)cc2)sc2ccccc21. The van der Waals surface area contributed by atoms with Gasteiger partial charge in [0.15, 0.2) is 0 Å². The molecule has 1 aromatic heterocycles. The highest BCUT2D eigenvalue weighted by Crippen LogP contribution is 2.23. The Bertz CT molecular complexity index is 1120. The van der Waals surface area contributed by atoms with Gasteiger partial charge >= 0.3 is 11.9 Å². The van der Waals surface area contributed by atoms with Gasteiger partial charge in [-0.05, 0) is 35.8 Å². The van der Waals surface area contributed by atoms with Crippen molar-refractivity contribution in [3.8, 4) is 12.3 Å². The van der Waals surface area contributed by atoms with E-state index in [1.54, 1.807) is 16.2 Å². The van der Waals surface area contributed by atoms with Crippen LogP contribution >= 0.6 is 11.3 Å². The van der Waals surface area contributed by atoms with Crippen LogP contribution in [0.4, 0.5) is 5.69 Å². The zero-order chi connectivity index (χ0) is 22.2. The molecular formula is C24H23N2O4S+. The van der Waals surface area contributed by atoms with Crippen molar-refractivity contribution in [2.45, 2.75) is 19.4 Å². The predicted octanol–water partition coefficient (Wildman–Crippen LogP) is 3.75. The molecule has 2 aromatic carbocycles. The van der Waals surface area contributed by atoms with Crippen LogP contribution in [-0.2, 0) is 16.1 Å². The number of hydrogen-bond acceptors (Lipinski definition) is 4. The van der Waals surface area contributed by atoms with Gasteiger partial charge < -0.3 is 15.1 Å². The molecule has 0 radical (unpaired) electrons. The number of aromatic nitrogens is 1. The van der Waals surface area contributed by atoms with Crippen LogP contribution in [0.5, 0.6) is 0 Å². The Morgan fingerprint density at radius 3 is 2.26 bits per heavy atom. The molecule has 7 heteroatoms. The van der Waals surface area contributed by atoms with Gasteiger partial charge in [-0.3, -0.25) is 9.59 Å². The summed E-state index contributed by atoms with van der Waals surface area (Å²) in [6, 6.07) is 15.7. The number of hydrogen-bond donors (Lipinski definition) is 2. The minimum Gasteiger partial charge on any atom is -0.481 e. The maximum atomic E-state index is 10.9. The fourth-order valence-corrected chi connectivity index (χ4v) is 4.29. The Labute approximate surface area is 184 Å². The normalized spacial score (nSPS) is 10.9. The molecule has 6 nitrogen and oxygen atoms in total. The largest absolute Gasteiger partial charge is 0.481 e. The van der Waals surface area contributed by atoms with E-state index in [2.05, 4.69) is 22.6 Å². The molecule has 0 fully saturated rings. The number of carboxylic acid groups (broad SMARTS) is 2. The highest BCUT2D eigenvalue weighted by atomic mass is 32.1. The summed E-state index contributed by atoms with van der Waals surface area (Å²) >= 11 is 1.67. The summed E-state index contributed by atoms with van der Waals surface area (Å²) in [7, 11) is 0. The number of benzene rings is 2. The highest BCUT2D eigenvalue weighted by molar-refractivity contribution is 7.18. The van der Waals surface area contributed by atoms with E-state index in [4.69, 9.17) is 16.6 Å². The van der Waals surface area contributed by atoms with Crippen LogP contribution in [0.1, 0.15) is 23.4 Å². The van der Waals surface area contributed by atoms with Crippen molar-refractivity contribution in [3.63, 3.8) is 0 Å². The van der Waals surface area contributed by atoms with Gasteiger partial charge in [0.25, 0.3) is 5.01 Å². The van der Waals surface area contributed by atoms with Crippen molar-refractivity contribution in [1.29, 1.82) is 0 Å². The van der Waals surface area contributed by atoms with Crippen LogP contribution in [0.3, 0.4) is 0 Å². The third-order valence-corrected chi connectivity index (χ3v) is 5.88. The summed E-state index contributed by atoms with van der Waals surface area (Å²) in [5, 5.41) is 19.0. The van der Waals surface area contributed by atoms with Crippen LogP contribution in [-0.4, -0.2) is 35.2 Å². The number of anilines is 1. The molecule has 0 saturated heterocycles. The first kappa shape index (κ1) is 22.1. The third-order valence-electron chi connectivity index (χ3n) is 4.75. The van der Waals surface area contributed by atoms with E-state index in [-0.39, 0.29) is 25.9 Å². The molecule has 158 valence electrons. The number of para-hydroxylation sites is 1. The van der Waals surface area contributed by atoms with Crippen molar-refractivity contribution in [1.82, 2.24) is 0 Å². The van der Waals surface area contributed by atoms with Crippen LogP contribution in [0.25, 0.3) is 22.4 Å². The molecule has 31 heavy (non-hydrogen) atoms. The van der Waals surface area contributed by atoms with E-state index in [0.717, 1.165) is 21.8 Å². The molecule has 3 aromatic rings. The molecule has 2 N–H and O–H groups in total. The Balaban J connectivity index is 1.79. The van der Waals surface area contributed by atoms with Crippen molar-refractivity contribution in [3.05, 3.63) is 59.1 Å². The smallest absolute Gasteiger partial charge is 0.305 e. The second-order valence-electron chi connectivity index (χ2n) is 6.90. The summed E-state index contributed by atoms with van der Waals surface area (Å²) in [5.41, 5.74) is 2.88. The monoisotopic (exact) mass is 435 g/mol. The predicted molar refractivity (Wildman–Crippen MR) is 123 cm³/mol. The number of fused-ring (bicyclic) bond motifs is 1. The molecule has 0 unspecified atom stereocenters. The first-order chi connectivity index (χ1) is 15.0. The third kappa shape index (κ3) is 5.93. The van der Waals surface area contributed by atoms with E-state index in [0.29, 0.717) is 6.54 Å². The zero-order valence-electron chi connectivity index (χ0n) is 16.9. The first-order valence-corrected chi connectivity index (χ1v) is 10.6. The van der Waals surface area contributed by atoms with E-state index >= 15 is 0 Å². The maximum Gasteiger partial charge on any atom is 0.305 e. The van der Waals surface area contributed by atoms with Gasteiger partial charge in [-0.15, -0.1) is 6.42 Å². The number of aliphatic carboxylic acids is 2. The van der Waals surface area contributed by atoms with E-state index in [1.807, 2.05) is 48.6 Å². The van der Waals surface area contributed by atoms with Crippen molar-refractivity contribution >= 4 is 51.3 Å². The molecule has 0 aliphatic heterocycles. The second-order valence-corrected chi connectivity index (χ2v) is 7.96. The van der Waals surface area contributed by atoms with Gasteiger partial charge in [-0.1, -0.05) is 35.6 Å². The average Bonchev–Trinajstić information content (AvgIpc) is 3.10. The number of thiazole rings is 1. The Morgan fingerprint density at radius 1 is 1.00 bits per heavy atom. The molecule has 0 saturated carbocycles. The number of nitrogens with zero attached hydrogens (tertiary/aromatic N) is 2. The quantitative estimate of drug-likeness (QED) is 0.374. The molecule has 1 heterocycles. The van der Waals surface area contributed by atoms with Gasteiger partial charge in [0.1, 0.15) is 4.70 Å². The average molecular weight is 436 g/mol. The lowest BCUT2D eigenvalue weighted by molar-refractivity contribution is -0.655. The molecule has 0 aliphatic rings. The lowest BCUT2D eigenvalue weighted by atomic mass is 10.1. The Hall–Kier alpha value is -3.63. The summed E-state index contributed by atoms with van der Waals surface area (Å²) in [4.78, 5) is 23.6. The summed E-state index contributed by atoms with van der Waals surface area (Å²) in [5.74, 6) is 0.880. The molecule has 0 bridgehead atoms. The molecule has 0 amide bonds. The van der Waals surface area contributed by atoms with Gasteiger partial charge in [0.2, 0.25) is 12.1 Å². The highest BCUT2D eigenvalue weighted by Gasteiger charge is 2.17. The fraction of sp³-hybridized carbons (Fsp3) is 0.208. The standard InChI is InChI=1S/C24H22N2O4S/c1-2-15-26-20-5-3-4-6-21(20)31-22(26)12-9-18-7-10-19(11-8-18)25(16-13-23(27)28)17-14-24(29)30/h1,3-12H,13-17H2,(H-,27,28,29,30)/p+1. The maximum absolute atomic E-state index is 10.9. The number of terminal acetylenes is 1. The first-order valence-electron chi connectivity index (χ1n) is 9.79. The van der Waals surface area contributed by atoms with Gasteiger partial charge in [0, 0.05) is 30.9 Å². The molecule has 0 aliphatic carbocycles. The lowest BCUT2D eigenvalue weighted by Crippen LogP contribution is -2.34. The van der Waals surface area contributed by atoms with Gasteiger partial charge in [-0.25, -0.2) is 0 Å². The lowest BCUT2D eigenvalue weighted by Gasteiger charge is -2.23. The topological polar surface area (TPSA) is 81.7 Å². The minimum atomic E-state index is -0.913. The number of rotatable bonds is 10. The molecule has 0 spiro atoms. The minimum absolute atomic E-state index is 0.0532. The van der Waals surface area contributed by atoms with E-state index < -0.39 is 11.9 Å².